The number of hydrogen-bond acceptors (Lipinski definition) is 2. The number of rotatable bonds is 4. The molecule has 0 radical (unpaired) electrons. The van der Waals surface area contributed by atoms with Gasteiger partial charge in [0.25, 0.3) is 0 Å². The van der Waals surface area contributed by atoms with E-state index in [2.05, 4.69) is 35.3 Å². The minimum atomic E-state index is -0.263. The first kappa shape index (κ1) is 15.7. The lowest BCUT2D eigenvalue weighted by atomic mass is 9.94. The highest BCUT2D eigenvalue weighted by Crippen LogP contribution is 2.28. The summed E-state index contributed by atoms with van der Waals surface area (Å²) >= 11 is 0. The van der Waals surface area contributed by atoms with Crippen LogP contribution in [0.25, 0.3) is 0 Å². The monoisotopic (exact) mass is 312 g/mol. The molecule has 0 aromatic heterocycles. The third kappa shape index (κ3) is 3.77. The van der Waals surface area contributed by atoms with Crippen molar-refractivity contribution < 1.29 is 9.18 Å². The Hall–Kier alpha value is -2.20. The molecule has 0 saturated carbocycles. The van der Waals surface area contributed by atoms with Gasteiger partial charge in [-0.15, -0.1) is 0 Å². The van der Waals surface area contributed by atoms with E-state index in [0.717, 1.165) is 18.5 Å². The molecule has 3 nitrogen and oxygen atoms in total. The van der Waals surface area contributed by atoms with Gasteiger partial charge in [-0.1, -0.05) is 36.4 Å². The molecule has 2 aromatic carbocycles. The van der Waals surface area contributed by atoms with Gasteiger partial charge in [0.15, 0.2) is 0 Å². The molecule has 1 N–H and O–H groups in total. The van der Waals surface area contributed by atoms with Gasteiger partial charge in [0.1, 0.15) is 5.82 Å². The predicted molar refractivity (Wildman–Crippen MR) is 88.4 cm³/mol. The number of nitrogens with zero attached hydrogens (tertiary/aromatic N) is 1. The van der Waals surface area contributed by atoms with Crippen LogP contribution in [-0.4, -0.2) is 23.9 Å². The van der Waals surface area contributed by atoms with Gasteiger partial charge in [-0.3, -0.25) is 9.69 Å². The van der Waals surface area contributed by atoms with E-state index < -0.39 is 0 Å². The Morgan fingerprint density at radius 2 is 1.96 bits per heavy atom. The lowest BCUT2D eigenvalue weighted by Gasteiger charge is -2.34. The van der Waals surface area contributed by atoms with Crippen LogP contribution in [0.4, 0.5) is 4.39 Å². The van der Waals surface area contributed by atoms with Crippen LogP contribution < -0.4 is 5.32 Å². The maximum Gasteiger partial charge on any atom is 0.234 e. The van der Waals surface area contributed by atoms with Crippen molar-refractivity contribution in [2.24, 2.45) is 0 Å². The highest BCUT2D eigenvalue weighted by Gasteiger charge is 2.24. The van der Waals surface area contributed by atoms with E-state index in [0.29, 0.717) is 13.1 Å². The van der Waals surface area contributed by atoms with E-state index >= 15 is 0 Å². The second-order valence-corrected chi connectivity index (χ2v) is 6.00. The van der Waals surface area contributed by atoms with Crippen molar-refractivity contribution in [1.29, 1.82) is 0 Å². The molecule has 4 heteroatoms. The summed E-state index contributed by atoms with van der Waals surface area (Å²) in [4.78, 5) is 14.4. The number of amides is 1. The fraction of sp³-hybridized carbons (Fsp3) is 0.316. The van der Waals surface area contributed by atoms with Crippen LogP contribution in [0.3, 0.4) is 0 Å². The predicted octanol–water partition coefficient (Wildman–Crippen LogP) is 3.06. The zero-order valence-electron chi connectivity index (χ0n) is 13.3. The lowest BCUT2D eigenvalue weighted by Crippen LogP contribution is -2.41. The number of fused-ring (bicyclic) bond motifs is 1. The van der Waals surface area contributed by atoms with E-state index in [1.807, 2.05) is 6.07 Å². The summed E-state index contributed by atoms with van der Waals surface area (Å²) in [5, 5.41) is 2.91. The molecule has 2 aromatic rings. The van der Waals surface area contributed by atoms with E-state index in [4.69, 9.17) is 0 Å². The van der Waals surface area contributed by atoms with Gasteiger partial charge in [0.2, 0.25) is 5.91 Å². The third-order valence-electron chi connectivity index (χ3n) is 4.47. The zero-order valence-corrected chi connectivity index (χ0v) is 13.3. The Balaban J connectivity index is 1.55. The molecule has 23 heavy (non-hydrogen) atoms. The van der Waals surface area contributed by atoms with Gasteiger partial charge in [-0.05, 0) is 42.2 Å². The Kier molecular flexibility index (Phi) is 4.72. The molecule has 3 rings (SSSR count). The molecule has 1 aliphatic rings. The van der Waals surface area contributed by atoms with Crippen LogP contribution in [0.2, 0.25) is 0 Å². The Labute approximate surface area is 136 Å². The fourth-order valence-corrected chi connectivity index (χ4v) is 3.08. The van der Waals surface area contributed by atoms with Crippen molar-refractivity contribution in [1.82, 2.24) is 10.2 Å². The van der Waals surface area contributed by atoms with Crippen LogP contribution in [0, 0.1) is 5.82 Å². The molecule has 1 heterocycles. The summed E-state index contributed by atoms with van der Waals surface area (Å²) < 4.78 is 12.9. The van der Waals surface area contributed by atoms with Crippen molar-refractivity contribution in [3.05, 3.63) is 71.0 Å². The van der Waals surface area contributed by atoms with Crippen LogP contribution >= 0.6 is 0 Å². The van der Waals surface area contributed by atoms with E-state index in [-0.39, 0.29) is 17.8 Å². The highest BCUT2D eigenvalue weighted by molar-refractivity contribution is 5.78. The zero-order chi connectivity index (χ0) is 16.2. The SMILES string of the molecule is CC1c2ccccc2CCN1CC(=O)NCc1ccc(F)cc1. The average molecular weight is 312 g/mol. The molecule has 1 amide bonds. The molecule has 0 spiro atoms. The average Bonchev–Trinajstić information content (AvgIpc) is 2.57. The maximum atomic E-state index is 12.9. The normalized spacial score (nSPS) is 17.6. The molecular formula is C19H21FN2O. The first-order valence-corrected chi connectivity index (χ1v) is 7.96. The van der Waals surface area contributed by atoms with Crippen LogP contribution in [0.5, 0.6) is 0 Å². The molecule has 1 aliphatic heterocycles. The number of benzene rings is 2. The highest BCUT2D eigenvalue weighted by atomic mass is 19.1. The van der Waals surface area contributed by atoms with Crippen molar-refractivity contribution in [2.75, 3.05) is 13.1 Å². The quantitative estimate of drug-likeness (QED) is 0.941. The molecule has 1 unspecified atom stereocenters. The smallest absolute Gasteiger partial charge is 0.234 e. The van der Waals surface area contributed by atoms with Gasteiger partial charge in [0, 0.05) is 19.1 Å². The van der Waals surface area contributed by atoms with Crippen molar-refractivity contribution in [3.63, 3.8) is 0 Å². The number of nitrogens with one attached hydrogen (secondary N) is 1. The van der Waals surface area contributed by atoms with Crippen molar-refractivity contribution in [2.45, 2.75) is 25.9 Å². The number of halogens is 1. The number of hydrogen-bond donors (Lipinski definition) is 1. The Morgan fingerprint density at radius 1 is 1.22 bits per heavy atom. The van der Waals surface area contributed by atoms with E-state index in [9.17, 15) is 9.18 Å². The fourth-order valence-electron chi connectivity index (χ4n) is 3.08. The molecule has 0 fully saturated rings. The van der Waals surface area contributed by atoms with Gasteiger partial charge in [-0.25, -0.2) is 4.39 Å². The maximum absolute atomic E-state index is 12.9. The van der Waals surface area contributed by atoms with Gasteiger partial charge in [-0.2, -0.15) is 0 Å². The summed E-state index contributed by atoms with van der Waals surface area (Å²) in [5.74, 6) is -0.263. The van der Waals surface area contributed by atoms with Gasteiger partial charge < -0.3 is 5.32 Å². The second-order valence-electron chi connectivity index (χ2n) is 6.00. The molecule has 0 bridgehead atoms. The summed E-state index contributed by atoms with van der Waals surface area (Å²) in [6.07, 6.45) is 0.978. The topological polar surface area (TPSA) is 32.3 Å². The van der Waals surface area contributed by atoms with Crippen molar-refractivity contribution >= 4 is 5.91 Å². The number of carbonyl (C=O) groups excluding carboxylic acids is 1. The van der Waals surface area contributed by atoms with Crippen LogP contribution in [0.1, 0.15) is 29.7 Å². The van der Waals surface area contributed by atoms with Crippen molar-refractivity contribution in [3.8, 4) is 0 Å². The van der Waals surface area contributed by atoms with Crippen LogP contribution in [-0.2, 0) is 17.8 Å². The van der Waals surface area contributed by atoms with Gasteiger partial charge >= 0.3 is 0 Å². The first-order chi connectivity index (χ1) is 11.1. The second kappa shape index (κ2) is 6.92. The Morgan fingerprint density at radius 3 is 2.74 bits per heavy atom. The van der Waals surface area contributed by atoms with Gasteiger partial charge in [0.05, 0.1) is 6.54 Å². The number of carbonyl (C=O) groups is 1. The lowest BCUT2D eigenvalue weighted by molar-refractivity contribution is -0.123. The van der Waals surface area contributed by atoms with E-state index in [1.54, 1.807) is 12.1 Å². The minimum absolute atomic E-state index is 0.000515. The standard InChI is InChI=1S/C19H21FN2O/c1-14-18-5-3-2-4-16(18)10-11-22(14)13-19(23)21-12-15-6-8-17(20)9-7-15/h2-9,14H,10-13H2,1H3,(H,21,23). The minimum Gasteiger partial charge on any atom is -0.351 e. The summed E-state index contributed by atoms with van der Waals surface area (Å²) in [6.45, 7) is 3.85. The summed E-state index contributed by atoms with van der Waals surface area (Å²) in [7, 11) is 0. The molecular weight excluding hydrogens is 291 g/mol. The molecule has 1 atom stereocenters. The largest absolute Gasteiger partial charge is 0.351 e. The summed E-state index contributed by atoms with van der Waals surface area (Å²) in [6, 6.07) is 14.9. The third-order valence-corrected chi connectivity index (χ3v) is 4.47. The Bertz CT molecular complexity index is 684. The summed E-state index contributed by atoms with van der Waals surface area (Å²) in [5.41, 5.74) is 3.59. The van der Waals surface area contributed by atoms with E-state index in [1.165, 1.54) is 23.3 Å². The van der Waals surface area contributed by atoms with Crippen LogP contribution in [0.15, 0.2) is 48.5 Å². The molecule has 120 valence electrons. The first-order valence-electron chi connectivity index (χ1n) is 7.96. The molecule has 0 aliphatic carbocycles. The molecule has 0 saturated heterocycles.